The zero-order valence-electron chi connectivity index (χ0n) is 11.8. The molecular formula is C13H20N4O3. The van der Waals surface area contributed by atoms with E-state index in [0.29, 0.717) is 24.4 Å². The van der Waals surface area contributed by atoms with Crippen LogP contribution in [-0.2, 0) is 16.1 Å². The van der Waals surface area contributed by atoms with Crippen LogP contribution in [0.25, 0.3) is 0 Å². The molecule has 20 heavy (non-hydrogen) atoms. The van der Waals surface area contributed by atoms with Gasteiger partial charge in [0.25, 0.3) is 5.91 Å². The minimum absolute atomic E-state index is 0.0111. The molecule has 0 unspecified atom stereocenters. The number of aromatic nitrogens is 1. The molecule has 0 fully saturated rings. The summed E-state index contributed by atoms with van der Waals surface area (Å²) in [5, 5.41) is 2.65. The molecule has 7 nitrogen and oxygen atoms in total. The third-order valence-corrected chi connectivity index (χ3v) is 2.63. The average Bonchev–Trinajstić information content (AvgIpc) is 2.46. The Hall–Kier alpha value is -1.99. The number of nitrogens with one attached hydrogen (secondary N) is 1. The van der Waals surface area contributed by atoms with Crippen molar-refractivity contribution in [2.75, 3.05) is 33.9 Å². The van der Waals surface area contributed by atoms with E-state index >= 15 is 0 Å². The zero-order valence-corrected chi connectivity index (χ0v) is 11.8. The summed E-state index contributed by atoms with van der Waals surface area (Å²) in [6.07, 6.45) is 1.53. The Balaban J connectivity index is 2.55. The zero-order chi connectivity index (χ0) is 15.0. The monoisotopic (exact) mass is 280 g/mol. The lowest BCUT2D eigenvalue weighted by molar-refractivity contribution is -0.121. The van der Waals surface area contributed by atoms with E-state index in [1.165, 1.54) is 11.1 Å². The van der Waals surface area contributed by atoms with Gasteiger partial charge < -0.3 is 20.7 Å². The van der Waals surface area contributed by atoms with E-state index in [-0.39, 0.29) is 24.9 Å². The minimum atomic E-state index is -0.246. The summed E-state index contributed by atoms with van der Waals surface area (Å²) in [4.78, 5) is 29.1. The molecule has 0 aliphatic carbocycles. The lowest BCUT2D eigenvalue weighted by Gasteiger charge is -2.17. The van der Waals surface area contributed by atoms with Gasteiger partial charge in [0.15, 0.2) is 0 Å². The number of amides is 2. The van der Waals surface area contributed by atoms with Gasteiger partial charge in [-0.3, -0.25) is 14.6 Å². The van der Waals surface area contributed by atoms with Crippen molar-refractivity contribution >= 4 is 11.8 Å². The molecule has 0 atom stereocenters. The topological polar surface area (TPSA) is 97.5 Å². The van der Waals surface area contributed by atoms with Gasteiger partial charge in [0.05, 0.1) is 18.8 Å². The summed E-state index contributed by atoms with van der Waals surface area (Å²) in [6.45, 7) is 1.11. The lowest BCUT2D eigenvalue weighted by atomic mass is 10.2. The Bertz CT molecular complexity index is 465. The van der Waals surface area contributed by atoms with Crippen LogP contribution in [0.1, 0.15) is 16.1 Å². The highest BCUT2D eigenvalue weighted by molar-refractivity contribution is 5.96. The van der Waals surface area contributed by atoms with Gasteiger partial charge in [-0.05, 0) is 12.1 Å². The summed E-state index contributed by atoms with van der Waals surface area (Å²) < 4.78 is 4.83. The van der Waals surface area contributed by atoms with E-state index in [1.807, 2.05) is 0 Å². The molecule has 0 bridgehead atoms. The molecule has 0 aliphatic rings. The average molecular weight is 280 g/mol. The number of nitrogens with zero attached hydrogens (tertiary/aromatic N) is 2. The Labute approximate surface area is 118 Å². The van der Waals surface area contributed by atoms with Crippen LogP contribution in [0.3, 0.4) is 0 Å². The quantitative estimate of drug-likeness (QED) is 0.648. The third-order valence-electron chi connectivity index (χ3n) is 2.63. The standard InChI is InChI=1S/C13H20N4O3/c1-17(9-12(18)16-5-6-20-2)13(19)10-3-4-15-11(7-10)8-14/h3-4,7H,5-6,8-9,14H2,1-2H3,(H,16,18). The molecule has 0 aliphatic heterocycles. The van der Waals surface area contributed by atoms with Crippen LogP contribution < -0.4 is 11.1 Å². The molecular weight excluding hydrogens is 260 g/mol. The summed E-state index contributed by atoms with van der Waals surface area (Å²) in [5.74, 6) is -0.477. The first kappa shape index (κ1) is 16.1. The second-order valence-corrected chi connectivity index (χ2v) is 4.24. The van der Waals surface area contributed by atoms with Crippen molar-refractivity contribution in [3.8, 4) is 0 Å². The molecule has 1 aromatic heterocycles. The molecule has 1 aromatic rings. The summed E-state index contributed by atoms with van der Waals surface area (Å²) >= 11 is 0. The molecule has 0 radical (unpaired) electrons. The van der Waals surface area contributed by atoms with Crippen LogP contribution in [0, 0.1) is 0 Å². The van der Waals surface area contributed by atoms with E-state index in [0.717, 1.165) is 0 Å². The van der Waals surface area contributed by atoms with Gasteiger partial charge in [-0.15, -0.1) is 0 Å². The lowest BCUT2D eigenvalue weighted by Crippen LogP contribution is -2.39. The number of hydrogen-bond donors (Lipinski definition) is 2. The number of nitrogens with two attached hydrogens (primary N) is 1. The Morgan fingerprint density at radius 3 is 2.90 bits per heavy atom. The highest BCUT2D eigenvalue weighted by Gasteiger charge is 2.15. The predicted octanol–water partition coefficient (Wildman–Crippen LogP) is -0.625. The number of carbonyl (C=O) groups is 2. The fraction of sp³-hybridized carbons (Fsp3) is 0.462. The largest absolute Gasteiger partial charge is 0.383 e. The van der Waals surface area contributed by atoms with Gasteiger partial charge in [0.2, 0.25) is 5.91 Å². The van der Waals surface area contributed by atoms with E-state index in [1.54, 1.807) is 26.3 Å². The fourth-order valence-electron chi connectivity index (χ4n) is 1.58. The maximum atomic E-state index is 12.1. The summed E-state index contributed by atoms with van der Waals surface area (Å²) in [6, 6.07) is 3.22. The first-order valence-corrected chi connectivity index (χ1v) is 6.24. The smallest absolute Gasteiger partial charge is 0.254 e. The SMILES string of the molecule is COCCNC(=O)CN(C)C(=O)c1ccnc(CN)c1. The molecule has 1 heterocycles. The highest BCUT2D eigenvalue weighted by atomic mass is 16.5. The van der Waals surface area contributed by atoms with Gasteiger partial charge in [0, 0.05) is 39.0 Å². The molecule has 2 amide bonds. The number of methoxy groups -OCH3 is 1. The van der Waals surface area contributed by atoms with Crippen molar-refractivity contribution in [3.63, 3.8) is 0 Å². The normalized spacial score (nSPS) is 10.2. The molecule has 0 aromatic carbocycles. The van der Waals surface area contributed by atoms with Crippen molar-refractivity contribution in [1.82, 2.24) is 15.2 Å². The first-order valence-electron chi connectivity index (χ1n) is 6.24. The van der Waals surface area contributed by atoms with Crippen molar-refractivity contribution in [1.29, 1.82) is 0 Å². The number of likely N-dealkylation sites (N-methyl/N-ethyl adjacent to an activating group) is 1. The first-order chi connectivity index (χ1) is 9.58. The molecule has 0 spiro atoms. The third kappa shape index (κ3) is 4.94. The summed E-state index contributed by atoms with van der Waals surface area (Å²) in [7, 11) is 3.13. The molecule has 0 saturated carbocycles. The maximum absolute atomic E-state index is 12.1. The number of hydrogen-bond acceptors (Lipinski definition) is 5. The number of pyridine rings is 1. The minimum Gasteiger partial charge on any atom is -0.383 e. The van der Waals surface area contributed by atoms with Crippen LogP contribution in [-0.4, -0.2) is 55.6 Å². The Morgan fingerprint density at radius 2 is 2.25 bits per heavy atom. The highest BCUT2D eigenvalue weighted by Crippen LogP contribution is 2.04. The predicted molar refractivity (Wildman–Crippen MR) is 74.0 cm³/mol. The van der Waals surface area contributed by atoms with Crippen LogP contribution in [0.5, 0.6) is 0 Å². The molecule has 3 N–H and O–H groups in total. The maximum Gasteiger partial charge on any atom is 0.254 e. The summed E-state index contributed by atoms with van der Waals surface area (Å²) in [5.41, 5.74) is 6.58. The van der Waals surface area contributed by atoms with Gasteiger partial charge in [0.1, 0.15) is 0 Å². The Kier molecular flexibility index (Phi) is 6.61. The van der Waals surface area contributed by atoms with Crippen LogP contribution in [0.4, 0.5) is 0 Å². The molecule has 1 rings (SSSR count). The fourth-order valence-corrected chi connectivity index (χ4v) is 1.58. The number of carbonyl (C=O) groups excluding carboxylic acids is 2. The van der Waals surface area contributed by atoms with Crippen molar-refractivity contribution in [2.45, 2.75) is 6.54 Å². The van der Waals surface area contributed by atoms with Gasteiger partial charge >= 0.3 is 0 Å². The van der Waals surface area contributed by atoms with Gasteiger partial charge in [-0.25, -0.2) is 0 Å². The van der Waals surface area contributed by atoms with Crippen LogP contribution >= 0.6 is 0 Å². The number of rotatable bonds is 7. The van der Waals surface area contributed by atoms with Crippen molar-refractivity contribution in [3.05, 3.63) is 29.6 Å². The second kappa shape index (κ2) is 8.23. The van der Waals surface area contributed by atoms with E-state index in [4.69, 9.17) is 10.5 Å². The van der Waals surface area contributed by atoms with Crippen molar-refractivity contribution in [2.24, 2.45) is 5.73 Å². The van der Waals surface area contributed by atoms with E-state index < -0.39 is 0 Å². The van der Waals surface area contributed by atoms with Gasteiger partial charge in [-0.1, -0.05) is 0 Å². The van der Waals surface area contributed by atoms with Gasteiger partial charge in [-0.2, -0.15) is 0 Å². The molecule has 110 valence electrons. The van der Waals surface area contributed by atoms with E-state index in [9.17, 15) is 9.59 Å². The van der Waals surface area contributed by atoms with Crippen LogP contribution in [0.15, 0.2) is 18.3 Å². The van der Waals surface area contributed by atoms with E-state index in [2.05, 4.69) is 10.3 Å². The van der Waals surface area contributed by atoms with Crippen LogP contribution in [0.2, 0.25) is 0 Å². The van der Waals surface area contributed by atoms with Crippen molar-refractivity contribution < 1.29 is 14.3 Å². The second-order valence-electron chi connectivity index (χ2n) is 4.24. The Morgan fingerprint density at radius 1 is 1.50 bits per heavy atom. The molecule has 7 heteroatoms. The molecule has 0 saturated heterocycles. The number of ether oxygens (including phenoxy) is 1.